The second-order valence-electron chi connectivity index (χ2n) is 4.59. The maximum Gasteiger partial charge on any atom is 0.136 e. The van der Waals surface area contributed by atoms with Crippen molar-refractivity contribution in [2.24, 2.45) is 0 Å². The molecule has 2 nitrogen and oxygen atoms in total. The number of aryl methyl sites for hydroxylation is 1. The summed E-state index contributed by atoms with van der Waals surface area (Å²) in [7, 11) is 0. The number of fused-ring (bicyclic) bond motifs is 1. The number of hydrogen-bond donors (Lipinski definition) is 1. The maximum absolute atomic E-state index is 10.3. The number of ether oxygens (including phenoxy) is 1. The second-order valence-corrected chi connectivity index (χ2v) is 7.65. The number of halogens is 2. The zero-order valence-electron chi connectivity index (χ0n) is 10.2. The van der Waals surface area contributed by atoms with Crippen LogP contribution in [0.3, 0.4) is 0 Å². The van der Waals surface area contributed by atoms with Crippen LogP contribution in [0.5, 0.6) is 5.75 Å². The van der Waals surface area contributed by atoms with Crippen molar-refractivity contribution in [3.05, 3.63) is 48.5 Å². The highest BCUT2D eigenvalue weighted by Gasteiger charge is 2.29. The van der Waals surface area contributed by atoms with Crippen LogP contribution in [-0.4, -0.2) is 5.11 Å². The number of hydrogen-bond acceptors (Lipinski definition) is 3. The Balaban J connectivity index is 1.94. The molecule has 2 atom stereocenters. The molecule has 0 spiro atoms. The van der Waals surface area contributed by atoms with Gasteiger partial charge in [0.25, 0.3) is 0 Å². The van der Waals surface area contributed by atoms with E-state index in [1.165, 1.54) is 4.88 Å². The molecular formula is C14H12Br2O2S. The van der Waals surface area contributed by atoms with Crippen molar-refractivity contribution < 1.29 is 9.84 Å². The van der Waals surface area contributed by atoms with Gasteiger partial charge in [0.15, 0.2) is 0 Å². The average Bonchev–Trinajstić information content (AvgIpc) is 2.70. The summed E-state index contributed by atoms with van der Waals surface area (Å²) in [5.74, 6) is 0.772. The first-order valence-corrected chi connectivity index (χ1v) is 8.35. The van der Waals surface area contributed by atoms with Crippen molar-refractivity contribution in [3.8, 4) is 5.75 Å². The molecule has 1 N–H and O–H groups in total. The third-order valence-electron chi connectivity index (χ3n) is 3.23. The summed E-state index contributed by atoms with van der Waals surface area (Å²) in [5.41, 5.74) is 0.859. The molecule has 0 bridgehead atoms. The lowest BCUT2D eigenvalue weighted by Gasteiger charge is -2.29. The van der Waals surface area contributed by atoms with Crippen molar-refractivity contribution in [3.63, 3.8) is 0 Å². The smallest absolute Gasteiger partial charge is 0.136 e. The lowest BCUT2D eigenvalue weighted by molar-refractivity contribution is 0.0673. The molecular weight excluding hydrogens is 392 g/mol. The monoisotopic (exact) mass is 402 g/mol. The molecule has 0 aliphatic carbocycles. The Labute approximate surface area is 132 Å². The van der Waals surface area contributed by atoms with Crippen LogP contribution in [0.4, 0.5) is 0 Å². The van der Waals surface area contributed by atoms with Gasteiger partial charge in [-0.25, -0.2) is 0 Å². The number of aliphatic hydroxyl groups is 1. The minimum atomic E-state index is -0.479. The molecule has 0 fully saturated rings. The molecule has 2 unspecified atom stereocenters. The molecule has 1 aromatic heterocycles. The van der Waals surface area contributed by atoms with Gasteiger partial charge in [0.1, 0.15) is 11.9 Å². The number of rotatable bonds is 1. The van der Waals surface area contributed by atoms with Crippen LogP contribution in [0.1, 0.15) is 33.9 Å². The fraction of sp³-hybridized carbons (Fsp3) is 0.286. The quantitative estimate of drug-likeness (QED) is 0.714. The van der Waals surface area contributed by atoms with Gasteiger partial charge in [0.05, 0.1) is 6.10 Å². The van der Waals surface area contributed by atoms with Gasteiger partial charge < -0.3 is 9.84 Å². The second kappa shape index (κ2) is 5.20. The van der Waals surface area contributed by atoms with Crippen molar-refractivity contribution >= 4 is 43.2 Å². The molecule has 1 aliphatic rings. The highest BCUT2D eigenvalue weighted by atomic mass is 79.9. The maximum atomic E-state index is 10.3. The molecule has 100 valence electrons. The first-order valence-electron chi connectivity index (χ1n) is 5.94. The van der Waals surface area contributed by atoms with Crippen LogP contribution in [0.25, 0.3) is 0 Å². The van der Waals surface area contributed by atoms with Crippen molar-refractivity contribution in [2.45, 2.75) is 25.6 Å². The topological polar surface area (TPSA) is 29.5 Å². The molecule has 2 heterocycles. The zero-order valence-corrected chi connectivity index (χ0v) is 14.2. The third kappa shape index (κ3) is 2.61. The van der Waals surface area contributed by atoms with E-state index in [2.05, 4.69) is 44.8 Å². The highest BCUT2D eigenvalue weighted by molar-refractivity contribution is 9.10. The third-order valence-corrected chi connectivity index (χ3v) is 5.95. The summed E-state index contributed by atoms with van der Waals surface area (Å²) in [5, 5.41) is 10.3. The van der Waals surface area contributed by atoms with Crippen LogP contribution in [0.15, 0.2) is 33.2 Å². The molecule has 1 aliphatic heterocycles. The largest absolute Gasteiger partial charge is 0.484 e. The van der Waals surface area contributed by atoms with Gasteiger partial charge in [-0.3, -0.25) is 0 Å². The normalized spacial score (nSPS) is 21.9. The molecule has 5 heteroatoms. The molecule has 0 saturated heterocycles. The van der Waals surface area contributed by atoms with Crippen LogP contribution >= 0.6 is 43.2 Å². The van der Waals surface area contributed by atoms with Gasteiger partial charge in [0, 0.05) is 30.7 Å². The van der Waals surface area contributed by atoms with Gasteiger partial charge in [-0.2, -0.15) is 0 Å². The van der Waals surface area contributed by atoms with E-state index in [1.54, 1.807) is 11.3 Å². The van der Waals surface area contributed by atoms with Crippen LogP contribution in [-0.2, 0) is 0 Å². The van der Waals surface area contributed by atoms with E-state index in [0.717, 1.165) is 25.1 Å². The minimum absolute atomic E-state index is 0.0707. The Morgan fingerprint density at radius 2 is 2.11 bits per heavy atom. The summed E-state index contributed by atoms with van der Waals surface area (Å²) in [6.45, 7) is 2.07. The van der Waals surface area contributed by atoms with E-state index in [4.69, 9.17) is 4.74 Å². The van der Waals surface area contributed by atoms with Crippen molar-refractivity contribution in [1.29, 1.82) is 0 Å². The zero-order chi connectivity index (χ0) is 13.6. The van der Waals surface area contributed by atoms with Gasteiger partial charge in [-0.05, 0) is 47.1 Å². The Hall–Kier alpha value is -0.360. The Bertz CT molecular complexity index is 604. The first kappa shape index (κ1) is 13.6. The summed E-state index contributed by atoms with van der Waals surface area (Å²) < 4.78 is 8.08. The number of thiophene rings is 1. The minimum Gasteiger partial charge on any atom is -0.484 e. The summed E-state index contributed by atoms with van der Waals surface area (Å²) in [4.78, 5) is 2.38. The first-order chi connectivity index (χ1) is 9.04. The Morgan fingerprint density at radius 1 is 1.32 bits per heavy atom. The Kier molecular flexibility index (Phi) is 3.73. The molecule has 0 saturated carbocycles. The summed E-state index contributed by atoms with van der Waals surface area (Å²) in [6, 6.07) is 7.85. The van der Waals surface area contributed by atoms with Crippen LogP contribution < -0.4 is 4.74 Å². The van der Waals surface area contributed by atoms with E-state index >= 15 is 0 Å². The predicted octanol–water partition coefficient (Wildman–Crippen LogP) is 5.14. The SMILES string of the molecule is Cc1sc(C2CC(O)c3cc(Br)ccc3O2)cc1Br. The Morgan fingerprint density at radius 3 is 2.79 bits per heavy atom. The van der Waals surface area contributed by atoms with Gasteiger partial charge in [0.2, 0.25) is 0 Å². The standard InChI is InChI=1S/C14H12Br2O2S/c1-7-10(16)5-14(19-7)13-6-11(17)9-4-8(15)2-3-12(9)18-13/h2-5,11,13,17H,6H2,1H3. The van der Waals surface area contributed by atoms with Crippen LogP contribution in [0.2, 0.25) is 0 Å². The van der Waals surface area contributed by atoms with Crippen LogP contribution in [0, 0.1) is 6.92 Å². The van der Waals surface area contributed by atoms with Crippen molar-refractivity contribution in [1.82, 2.24) is 0 Å². The molecule has 3 rings (SSSR count). The van der Waals surface area contributed by atoms with E-state index in [-0.39, 0.29) is 6.10 Å². The molecule has 2 aromatic rings. The van der Waals surface area contributed by atoms with Gasteiger partial charge in [-0.1, -0.05) is 15.9 Å². The predicted molar refractivity (Wildman–Crippen MR) is 83.8 cm³/mol. The van der Waals surface area contributed by atoms with Gasteiger partial charge in [-0.15, -0.1) is 11.3 Å². The van der Waals surface area contributed by atoms with E-state index < -0.39 is 6.10 Å². The average molecular weight is 404 g/mol. The van der Waals surface area contributed by atoms with Crippen molar-refractivity contribution in [2.75, 3.05) is 0 Å². The lowest BCUT2D eigenvalue weighted by Crippen LogP contribution is -2.18. The van der Waals surface area contributed by atoms with Gasteiger partial charge >= 0.3 is 0 Å². The van der Waals surface area contributed by atoms with E-state index in [1.807, 2.05) is 18.2 Å². The molecule has 19 heavy (non-hydrogen) atoms. The fourth-order valence-corrected chi connectivity index (χ4v) is 4.21. The highest BCUT2D eigenvalue weighted by Crippen LogP contribution is 2.44. The summed E-state index contributed by atoms with van der Waals surface area (Å²) >= 11 is 8.65. The lowest BCUT2D eigenvalue weighted by atomic mass is 9.98. The fourth-order valence-electron chi connectivity index (χ4n) is 2.23. The summed E-state index contributed by atoms with van der Waals surface area (Å²) in [6.07, 6.45) is 0.0432. The number of aliphatic hydroxyl groups excluding tert-OH is 1. The van der Waals surface area contributed by atoms with E-state index in [9.17, 15) is 5.11 Å². The molecule has 0 amide bonds. The molecule has 0 radical (unpaired) electrons. The van der Waals surface area contributed by atoms with E-state index in [0.29, 0.717) is 6.42 Å². The number of benzene rings is 1. The molecule has 1 aromatic carbocycles.